The van der Waals surface area contributed by atoms with Crippen LogP contribution in [0.4, 0.5) is 0 Å². The standard InChI is InChI=1S/C18H15NOS2/c1-13-7-9-15(10-8-13)12-19-17(20)16(22-18(19)21)11-14-5-3-2-4-6-14/h2-11H,12H2,1H3. The molecule has 0 atom stereocenters. The molecule has 22 heavy (non-hydrogen) atoms. The summed E-state index contributed by atoms with van der Waals surface area (Å²) in [5, 5.41) is 0. The van der Waals surface area contributed by atoms with Crippen molar-refractivity contribution in [1.82, 2.24) is 4.90 Å². The summed E-state index contributed by atoms with van der Waals surface area (Å²) < 4.78 is 0.618. The first-order valence-electron chi connectivity index (χ1n) is 6.99. The summed E-state index contributed by atoms with van der Waals surface area (Å²) >= 11 is 6.73. The van der Waals surface area contributed by atoms with Crippen molar-refractivity contribution in [2.24, 2.45) is 0 Å². The van der Waals surface area contributed by atoms with Gasteiger partial charge in [-0.2, -0.15) is 0 Å². The summed E-state index contributed by atoms with van der Waals surface area (Å²) in [5.74, 6) is -0.0144. The van der Waals surface area contributed by atoms with Gasteiger partial charge in [0.2, 0.25) is 0 Å². The SMILES string of the molecule is Cc1ccc(CN2C(=O)C(=Cc3ccccc3)SC2=S)cc1. The second kappa shape index (κ2) is 6.46. The Morgan fingerprint density at radius 1 is 1.09 bits per heavy atom. The quantitative estimate of drug-likeness (QED) is 0.616. The van der Waals surface area contributed by atoms with Crippen molar-refractivity contribution in [3.63, 3.8) is 0 Å². The zero-order valence-corrected chi connectivity index (χ0v) is 13.8. The minimum absolute atomic E-state index is 0.0144. The number of nitrogens with zero attached hydrogens (tertiary/aromatic N) is 1. The van der Waals surface area contributed by atoms with Crippen molar-refractivity contribution < 1.29 is 4.79 Å². The van der Waals surface area contributed by atoms with Gasteiger partial charge in [0.25, 0.3) is 5.91 Å². The van der Waals surface area contributed by atoms with Gasteiger partial charge in [-0.05, 0) is 24.1 Å². The average Bonchev–Trinajstić information content (AvgIpc) is 2.78. The normalized spacial score (nSPS) is 16.6. The van der Waals surface area contributed by atoms with Crippen LogP contribution in [-0.4, -0.2) is 15.1 Å². The Kier molecular flexibility index (Phi) is 4.41. The Morgan fingerprint density at radius 3 is 2.45 bits per heavy atom. The van der Waals surface area contributed by atoms with Crippen LogP contribution in [0.2, 0.25) is 0 Å². The van der Waals surface area contributed by atoms with E-state index in [0.717, 1.165) is 11.1 Å². The first-order valence-corrected chi connectivity index (χ1v) is 8.22. The highest BCUT2D eigenvalue weighted by Gasteiger charge is 2.31. The van der Waals surface area contributed by atoms with Crippen LogP contribution in [0.1, 0.15) is 16.7 Å². The largest absolute Gasteiger partial charge is 0.288 e. The number of carbonyl (C=O) groups excluding carboxylic acids is 1. The van der Waals surface area contributed by atoms with Crippen LogP contribution in [0.25, 0.3) is 6.08 Å². The van der Waals surface area contributed by atoms with Crippen molar-refractivity contribution in [1.29, 1.82) is 0 Å². The number of amides is 1. The maximum Gasteiger partial charge on any atom is 0.266 e. The highest BCUT2D eigenvalue weighted by molar-refractivity contribution is 8.26. The van der Waals surface area contributed by atoms with Gasteiger partial charge in [0.05, 0.1) is 11.4 Å². The molecule has 1 saturated heterocycles. The van der Waals surface area contributed by atoms with E-state index in [1.165, 1.54) is 17.3 Å². The highest BCUT2D eigenvalue weighted by Crippen LogP contribution is 2.33. The van der Waals surface area contributed by atoms with Crippen LogP contribution in [-0.2, 0) is 11.3 Å². The van der Waals surface area contributed by atoms with E-state index >= 15 is 0 Å². The number of thiocarbonyl (C=S) groups is 1. The monoisotopic (exact) mass is 325 g/mol. The predicted molar refractivity (Wildman–Crippen MR) is 96.3 cm³/mol. The zero-order valence-electron chi connectivity index (χ0n) is 12.2. The third-order valence-electron chi connectivity index (χ3n) is 3.43. The van der Waals surface area contributed by atoms with Crippen LogP contribution in [0.5, 0.6) is 0 Å². The van der Waals surface area contributed by atoms with E-state index in [0.29, 0.717) is 15.8 Å². The summed E-state index contributed by atoms with van der Waals surface area (Å²) in [6, 6.07) is 18.0. The second-order valence-corrected chi connectivity index (χ2v) is 6.84. The van der Waals surface area contributed by atoms with Gasteiger partial charge in [0, 0.05) is 0 Å². The zero-order chi connectivity index (χ0) is 15.5. The van der Waals surface area contributed by atoms with E-state index < -0.39 is 0 Å². The lowest BCUT2D eigenvalue weighted by Gasteiger charge is -2.14. The van der Waals surface area contributed by atoms with Crippen molar-refractivity contribution in [3.05, 3.63) is 76.2 Å². The Labute approximate surface area is 139 Å². The molecule has 0 spiro atoms. The summed E-state index contributed by atoms with van der Waals surface area (Å²) in [5.41, 5.74) is 3.30. The fraction of sp³-hybridized carbons (Fsp3) is 0.111. The Bertz CT molecular complexity index is 735. The van der Waals surface area contributed by atoms with Crippen LogP contribution in [0.15, 0.2) is 59.5 Å². The molecule has 4 heteroatoms. The third-order valence-corrected chi connectivity index (χ3v) is 4.81. The molecule has 1 fully saturated rings. The van der Waals surface area contributed by atoms with E-state index in [9.17, 15) is 4.79 Å². The molecule has 2 nitrogen and oxygen atoms in total. The molecule has 0 radical (unpaired) electrons. The van der Waals surface area contributed by atoms with Gasteiger partial charge in [-0.3, -0.25) is 9.69 Å². The maximum atomic E-state index is 12.5. The topological polar surface area (TPSA) is 20.3 Å². The van der Waals surface area contributed by atoms with Gasteiger partial charge in [0.1, 0.15) is 4.32 Å². The molecular weight excluding hydrogens is 310 g/mol. The fourth-order valence-electron chi connectivity index (χ4n) is 2.21. The van der Waals surface area contributed by atoms with Crippen LogP contribution in [0, 0.1) is 6.92 Å². The fourth-order valence-corrected chi connectivity index (χ4v) is 3.47. The predicted octanol–water partition coefficient (Wildman–Crippen LogP) is 4.40. The third kappa shape index (κ3) is 3.29. The molecule has 110 valence electrons. The van der Waals surface area contributed by atoms with Crippen molar-refractivity contribution in [2.75, 3.05) is 0 Å². The minimum atomic E-state index is -0.0144. The molecule has 0 bridgehead atoms. The number of benzene rings is 2. The average molecular weight is 325 g/mol. The van der Waals surface area contributed by atoms with E-state index in [4.69, 9.17) is 12.2 Å². The molecule has 0 aliphatic carbocycles. The lowest BCUT2D eigenvalue weighted by molar-refractivity contribution is -0.122. The van der Waals surface area contributed by atoms with Gasteiger partial charge in [-0.15, -0.1) is 0 Å². The number of hydrogen-bond donors (Lipinski definition) is 0. The summed E-state index contributed by atoms with van der Waals surface area (Å²) in [6.07, 6.45) is 1.90. The number of carbonyl (C=O) groups is 1. The summed E-state index contributed by atoms with van der Waals surface area (Å²) in [6.45, 7) is 2.57. The van der Waals surface area contributed by atoms with Gasteiger partial charge < -0.3 is 0 Å². The first kappa shape index (κ1) is 15.0. The summed E-state index contributed by atoms with van der Waals surface area (Å²) in [7, 11) is 0. The Morgan fingerprint density at radius 2 is 1.77 bits per heavy atom. The number of hydrogen-bond acceptors (Lipinski definition) is 3. The Balaban J connectivity index is 1.80. The van der Waals surface area contributed by atoms with E-state index in [2.05, 4.69) is 0 Å². The summed E-state index contributed by atoms with van der Waals surface area (Å²) in [4.78, 5) is 14.9. The molecule has 1 aliphatic rings. The maximum absolute atomic E-state index is 12.5. The molecule has 0 unspecified atom stereocenters. The molecular formula is C18H15NOS2. The van der Waals surface area contributed by atoms with E-state index in [1.54, 1.807) is 4.90 Å². The molecule has 2 aromatic rings. The number of aryl methyl sites for hydroxylation is 1. The molecule has 0 saturated carbocycles. The van der Waals surface area contributed by atoms with Crippen LogP contribution < -0.4 is 0 Å². The molecule has 3 rings (SSSR count). The molecule has 1 aliphatic heterocycles. The van der Waals surface area contributed by atoms with Crippen molar-refractivity contribution >= 4 is 40.3 Å². The number of thioether (sulfide) groups is 1. The van der Waals surface area contributed by atoms with Gasteiger partial charge in [-0.25, -0.2) is 0 Å². The van der Waals surface area contributed by atoms with E-state index in [-0.39, 0.29) is 5.91 Å². The van der Waals surface area contributed by atoms with Crippen LogP contribution in [0.3, 0.4) is 0 Å². The lowest BCUT2D eigenvalue weighted by atomic mass is 10.1. The molecule has 1 amide bonds. The molecule has 1 heterocycles. The first-order chi connectivity index (χ1) is 10.6. The Hall–Kier alpha value is -1.91. The van der Waals surface area contributed by atoms with Crippen molar-refractivity contribution in [3.8, 4) is 0 Å². The smallest absolute Gasteiger partial charge is 0.266 e. The highest BCUT2D eigenvalue weighted by atomic mass is 32.2. The molecule has 2 aromatic carbocycles. The van der Waals surface area contributed by atoms with Crippen LogP contribution >= 0.6 is 24.0 Å². The lowest BCUT2D eigenvalue weighted by Crippen LogP contribution is -2.27. The molecule has 0 aromatic heterocycles. The minimum Gasteiger partial charge on any atom is -0.288 e. The van der Waals surface area contributed by atoms with Gasteiger partial charge in [-0.1, -0.05) is 84.1 Å². The number of rotatable bonds is 3. The van der Waals surface area contributed by atoms with Gasteiger partial charge in [0.15, 0.2) is 0 Å². The second-order valence-electron chi connectivity index (χ2n) is 5.16. The van der Waals surface area contributed by atoms with E-state index in [1.807, 2.05) is 67.6 Å². The van der Waals surface area contributed by atoms with Crippen molar-refractivity contribution in [2.45, 2.75) is 13.5 Å². The molecule has 0 N–H and O–H groups in total. The van der Waals surface area contributed by atoms with Gasteiger partial charge >= 0.3 is 0 Å².